The van der Waals surface area contributed by atoms with E-state index in [1.807, 2.05) is 19.1 Å². The molecule has 0 aromatic rings. The van der Waals surface area contributed by atoms with Crippen molar-refractivity contribution >= 4 is 0 Å². The summed E-state index contributed by atoms with van der Waals surface area (Å²) in [5, 5.41) is 2.01. The Balaban J connectivity index is 2.26. The lowest BCUT2D eigenvalue weighted by atomic mass is 10.0. The summed E-state index contributed by atoms with van der Waals surface area (Å²) in [6, 6.07) is 0.573. The van der Waals surface area contributed by atoms with Gasteiger partial charge in [0.1, 0.15) is 0 Å². The van der Waals surface area contributed by atoms with Gasteiger partial charge >= 0.3 is 0 Å². The Morgan fingerprint density at radius 2 is 2.30 bits per heavy atom. The molecule has 0 saturated heterocycles. The van der Waals surface area contributed by atoms with Crippen molar-refractivity contribution in [3.63, 3.8) is 0 Å². The van der Waals surface area contributed by atoms with Crippen LogP contribution < -0.4 is 5.43 Å². The summed E-state index contributed by atoms with van der Waals surface area (Å²) in [6.07, 6.45) is 8.36. The molecule has 0 aromatic heterocycles. The highest BCUT2D eigenvalue weighted by atomic mass is 15.5. The highest BCUT2D eigenvalue weighted by Gasteiger charge is 2.06. The topological polar surface area (TPSA) is 15.3 Å². The van der Waals surface area contributed by atoms with E-state index in [0.29, 0.717) is 6.04 Å². The maximum Gasteiger partial charge on any atom is 0.0395 e. The molecular formula is C8H16N2. The summed E-state index contributed by atoms with van der Waals surface area (Å²) < 4.78 is 0. The van der Waals surface area contributed by atoms with Crippen molar-refractivity contribution in [3.05, 3.63) is 12.2 Å². The van der Waals surface area contributed by atoms with Gasteiger partial charge in [0, 0.05) is 20.1 Å². The summed E-state index contributed by atoms with van der Waals surface area (Å²) in [5.74, 6) is 0. The molecule has 0 heterocycles. The maximum absolute atomic E-state index is 3.33. The van der Waals surface area contributed by atoms with Gasteiger partial charge in [0.05, 0.1) is 0 Å². The van der Waals surface area contributed by atoms with Gasteiger partial charge in [-0.2, -0.15) is 0 Å². The van der Waals surface area contributed by atoms with Crippen LogP contribution in [0, 0.1) is 0 Å². The van der Waals surface area contributed by atoms with Crippen molar-refractivity contribution in [1.29, 1.82) is 0 Å². The van der Waals surface area contributed by atoms with Gasteiger partial charge < -0.3 is 0 Å². The van der Waals surface area contributed by atoms with Crippen LogP contribution in [0.2, 0.25) is 0 Å². The molecule has 0 spiro atoms. The monoisotopic (exact) mass is 140 g/mol. The number of hydrazine groups is 1. The molecule has 1 aliphatic rings. The highest BCUT2D eigenvalue weighted by molar-refractivity contribution is 4.96. The lowest BCUT2D eigenvalue weighted by Crippen LogP contribution is -2.39. The van der Waals surface area contributed by atoms with Crippen molar-refractivity contribution in [2.45, 2.75) is 25.3 Å². The predicted octanol–water partition coefficient (Wildman–Crippen LogP) is 1.16. The lowest BCUT2D eigenvalue weighted by Gasteiger charge is -2.22. The number of rotatable bonds is 2. The number of allylic oxidation sites excluding steroid dienone is 1. The Bertz CT molecular complexity index is 118. The van der Waals surface area contributed by atoms with Crippen molar-refractivity contribution < 1.29 is 0 Å². The van der Waals surface area contributed by atoms with Crippen molar-refractivity contribution in [2.24, 2.45) is 0 Å². The fraction of sp³-hybridized carbons (Fsp3) is 0.750. The highest BCUT2D eigenvalue weighted by Crippen LogP contribution is 2.09. The van der Waals surface area contributed by atoms with Crippen LogP contribution in [0.5, 0.6) is 0 Å². The molecule has 58 valence electrons. The van der Waals surface area contributed by atoms with Crippen molar-refractivity contribution in [3.8, 4) is 0 Å². The summed E-state index contributed by atoms with van der Waals surface area (Å²) in [7, 11) is 4.06. The predicted molar refractivity (Wildman–Crippen MR) is 43.6 cm³/mol. The Morgan fingerprint density at radius 3 is 2.80 bits per heavy atom. The fourth-order valence-corrected chi connectivity index (χ4v) is 1.25. The zero-order valence-corrected chi connectivity index (χ0v) is 6.80. The molecule has 0 aromatic carbocycles. The third-order valence-electron chi connectivity index (χ3n) is 1.68. The van der Waals surface area contributed by atoms with Gasteiger partial charge in [-0.25, -0.2) is 5.43 Å². The Labute approximate surface area is 62.9 Å². The second-order valence-corrected chi connectivity index (χ2v) is 2.99. The SMILES string of the molecule is CN(C)NC1C=CCCC1. The normalized spacial score (nSPS) is 25.7. The van der Waals surface area contributed by atoms with Crippen LogP contribution in [0.1, 0.15) is 19.3 Å². The molecule has 10 heavy (non-hydrogen) atoms. The summed E-state index contributed by atoms with van der Waals surface area (Å²) in [6.45, 7) is 0. The number of hydrogen-bond donors (Lipinski definition) is 1. The minimum Gasteiger partial charge on any atom is -0.250 e. The molecule has 0 aliphatic heterocycles. The largest absolute Gasteiger partial charge is 0.250 e. The third-order valence-corrected chi connectivity index (χ3v) is 1.68. The molecule has 0 radical (unpaired) electrons. The third kappa shape index (κ3) is 2.50. The molecular weight excluding hydrogens is 124 g/mol. The second kappa shape index (κ2) is 3.74. The molecule has 0 fully saturated rings. The molecule has 1 rings (SSSR count). The van der Waals surface area contributed by atoms with E-state index in [1.54, 1.807) is 0 Å². The Kier molecular flexibility index (Phi) is 2.90. The molecule has 0 saturated carbocycles. The lowest BCUT2D eigenvalue weighted by molar-refractivity contribution is 0.252. The smallest absolute Gasteiger partial charge is 0.0395 e. The quantitative estimate of drug-likeness (QED) is 0.457. The van der Waals surface area contributed by atoms with Crippen molar-refractivity contribution in [2.75, 3.05) is 14.1 Å². The molecule has 1 N–H and O–H groups in total. The van der Waals surface area contributed by atoms with Gasteiger partial charge in [-0.15, -0.1) is 0 Å². The number of nitrogens with zero attached hydrogens (tertiary/aromatic N) is 1. The van der Waals surface area contributed by atoms with E-state index in [-0.39, 0.29) is 0 Å². The van der Waals surface area contributed by atoms with Gasteiger partial charge in [0.15, 0.2) is 0 Å². The average molecular weight is 140 g/mol. The molecule has 1 aliphatic carbocycles. The van der Waals surface area contributed by atoms with Crippen LogP contribution in [0.3, 0.4) is 0 Å². The van der Waals surface area contributed by atoms with E-state index >= 15 is 0 Å². The van der Waals surface area contributed by atoms with Crippen LogP contribution in [0.4, 0.5) is 0 Å². The van der Waals surface area contributed by atoms with Crippen LogP contribution >= 0.6 is 0 Å². The van der Waals surface area contributed by atoms with E-state index in [2.05, 4.69) is 17.6 Å². The van der Waals surface area contributed by atoms with Gasteiger partial charge in [-0.05, 0) is 19.3 Å². The van der Waals surface area contributed by atoms with Crippen LogP contribution in [-0.4, -0.2) is 25.1 Å². The van der Waals surface area contributed by atoms with Gasteiger partial charge in [0.2, 0.25) is 0 Å². The first-order valence-corrected chi connectivity index (χ1v) is 3.89. The van der Waals surface area contributed by atoms with E-state index < -0.39 is 0 Å². The first-order chi connectivity index (χ1) is 4.79. The van der Waals surface area contributed by atoms with E-state index in [9.17, 15) is 0 Å². The maximum atomic E-state index is 3.33. The molecule has 2 nitrogen and oxygen atoms in total. The van der Waals surface area contributed by atoms with E-state index in [0.717, 1.165) is 0 Å². The van der Waals surface area contributed by atoms with Gasteiger partial charge in [-0.3, -0.25) is 5.01 Å². The standard InChI is InChI=1S/C8H16N2/c1-10(2)9-8-6-4-3-5-7-8/h4,6,8-9H,3,5,7H2,1-2H3. The molecule has 2 heteroatoms. The molecule has 0 amide bonds. The summed E-state index contributed by atoms with van der Waals surface area (Å²) in [4.78, 5) is 0. The number of hydrogen-bond acceptors (Lipinski definition) is 2. The van der Waals surface area contributed by atoms with Gasteiger partial charge in [-0.1, -0.05) is 12.2 Å². The number of nitrogens with one attached hydrogen (secondary N) is 1. The molecule has 1 atom stereocenters. The average Bonchev–Trinajstić information content (AvgIpc) is 1.88. The first-order valence-electron chi connectivity index (χ1n) is 3.89. The summed E-state index contributed by atoms with van der Waals surface area (Å²) >= 11 is 0. The minimum atomic E-state index is 0.573. The fourth-order valence-electron chi connectivity index (χ4n) is 1.25. The molecule has 0 bridgehead atoms. The zero-order chi connectivity index (χ0) is 7.40. The summed E-state index contributed by atoms with van der Waals surface area (Å²) in [5.41, 5.74) is 3.33. The van der Waals surface area contributed by atoms with Crippen LogP contribution in [0.15, 0.2) is 12.2 Å². The van der Waals surface area contributed by atoms with E-state index in [1.165, 1.54) is 19.3 Å². The second-order valence-electron chi connectivity index (χ2n) is 2.99. The Morgan fingerprint density at radius 1 is 1.50 bits per heavy atom. The van der Waals surface area contributed by atoms with Crippen LogP contribution in [-0.2, 0) is 0 Å². The zero-order valence-electron chi connectivity index (χ0n) is 6.80. The van der Waals surface area contributed by atoms with Gasteiger partial charge in [0.25, 0.3) is 0 Å². The minimum absolute atomic E-state index is 0.573. The Hall–Kier alpha value is -0.340. The van der Waals surface area contributed by atoms with E-state index in [4.69, 9.17) is 0 Å². The molecule has 1 unspecified atom stereocenters. The van der Waals surface area contributed by atoms with Crippen molar-refractivity contribution in [1.82, 2.24) is 10.4 Å². The van der Waals surface area contributed by atoms with Crippen LogP contribution in [0.25, 0.3) is 0 Å². The first kappa shape index (κ1) is 7.76.